The van der Waals surface area contributed by atoms with Crippen LogP contribution in [0.3, 0.4) is 0 Å². The van der Waals surface area contributed by atoms with Crippen LogP contribution in [0.25, 0.3) is 0 Å². The number of piperazine rings is 1. The fourth-order valence-corrected chi connectivity index (χ4v) is 2.57. The molecule has 0 spiro atoms. The van der Waals surface area contributed by atoms with Gasteiger partial charge >= 0.3 is 0 Å². The molecular weight excluding hydrogens is 234 g/mol. The molecule has 1 saturated heterocycles. The average Bonchev–Trinajstić information content (AvgIpc) is 2.38. The van der Waals surface area contributed by atoms with Gasteiger partial charge in [0.05, 0.1) is 11.6 Å². The summed E-state index contributed by atoms with van der Waals surface area (Å²) < 4.78 is 0. The molecule has 1 fully saturated rings. The summed E-state index contributed by atoms with van der Waals surface area (Å²) in [7, 11) is 0. The number of rotatable bonds is 2. The highest BCUT2D eigenvalue weighted by atomic mass is 15.3. The standard InChI is InChI=1S/C16H23N3/c1-16(2,3)19-9-7-18(8-10-19)13-15-6-4-5-14(11-15)12-17/h4-6,11H,7-10,13H2,1-3H3. The van der Waals surface area contributed by atoms with Crippen molar-refractivity contribution in [1.82, 2.24) is 9.80 Å². The Balaban J connectivity index is 1.91. The SMILES string of the molecule is CC(C)(C)N1CCN(Cc2cccc(C#N)c2)CC1. The van der Waals surface area contributed by atoms with Gasteiger partial charge in [0.15, 0.2) is 0 Å². The third-order valence-corrected chi connectivity index (χ3v) is 3.78. The van der Waals surface area contributed by atoms with Crippen LogP contribution in [0.1, 0.15) is 31.9 Å². The van der Waals surface area contributed by atoms with Crippen molar-refractivity contribution in [3.05, 3.63) is 35.4 Å². The van der Waals surface area contributed by atoms with Crippen molar-refractivity contribution in [3.8, 4) is 6.07 Å². The first kappa shape index (κ1) is 14.0. The van der Waals surface area contributed by atoms with Gasteiger partial charge in [0.25, 0.3) is 0 Å². The van der Waals surface area contributed by atoms with Crippen molar-refractivity contribution in [2.24, 2.45) is 0 Å². The van der Waals surface area contributed by atoms with Gasteiger partial charge in [0.2, 0.25) is 0 Å². The molecule has 0 unspecified atom stereocenters. The summed E-state index contributed by atoms with van der Waals surface area (Å²) >= 11 is 0. The highest BCUT2D eigenvalue weighted by Gasteiger charge is 2.25. The Labute approximate surface area is 116 Å². The van der Waals surface area contributed by atoms with Crippen molar-refractivity contribution in [2.45, 2.75) is 32.9 Å². The summed E-state index contributed by atoms with van der Waals surface area (Å²) in [6.45, 7) is 12.2. The molecule has 1 aromatic rings. The molecule has 1 heterocycles. The summed E-state index contributed by atoms with van der Waals surface area (Å²) in [5.41, 5.74) is 2.27. The number of hydrogen-bond donors (Lipinski definition) is 0. The maximum absolute atomic E-state index is 8.92. The van der Waals surface area contributed by atoms with Crippen molar-refractivity contribution in [2.75, 3.05) is 26.2 Å². The molecular formula is C16H23N3. The second-order valence-corrected chi connectivity index (χ2v) is 6.25. The highest BCUT2D eigenvalue weighted by Crippen LogP contribution is 2.17. The Bertz CT molecular complexity index is 460. The number of benzene rings is 1. The van der Waals surface area contributed by atoms with Crippen LogP contribution in [-0.2, 0) is 6.54 Å². The zero-order valence-electron chi connectivity index (χ0n) is 12.2. The van der Waals surface area contributed by atoms with E-state index in [-0.39, 0.29) is 5.54 Å². The Morgan fingerprint density at radius 2 is 1.84 bits per heavy atom. The van der Waals surface area contributed by atoms with Crippen molar-refractivity contribution < 1.29 is 0 Å². The lowest BCUT2D eigenvalue weighted by Crippen LogP contribution is -2.53. The molecule has 0 amide bonds. The van der Waals surface area contributed by atoms with E-state index < -0.39 is 0 Å². The van der Waals surface area contributed by atoms with E-state index in [0.717, 1.165) is 38.3 Å². The lowest BCUT2D eigenvalue weighted by atomic mass is 10.0. The van der Waals surface area contributed by atoms with Crippen LogP contribution in [0.2, 0.25) is 0 Å². The summed E-state index contributed by atoms with van der Waals surface area (Å²) in [6.07, 6.45) is 0. The van der Waals surface area contributed by atoms with E-state index in [0.29, 0.717) is 0 Å². The monoisotopic (exact) mass is 257 g/mol. The molecule has 3 heteroatoms. The van der Waals surface area contributed by atoms with Crippen molar-refractivity contribution >= 4 is 0 Å². The second-order valence-electron chi connectivity index (χ2n) is 6.25. The maximum atomic E-state index is 8.92. The maximum Gasteiger partial charge on any atom is 0.0991 e. The Morgan fingerprint density at radius 3 is 2.42 bits per heavy atom. The van der Waals surface area contributed by atoms with Crippen LogP contribution < -0.4 is 0 Å². The van der Waals surface area contributed by atoms with Crippen LogP contribution in [0, 0.1) is 11.3 Å². The predicted octanol–water partition coefficient (Wildman–Crippen LogP) is 2.47. The van der Waals surface area contributed by atoms with Crippen molar-refractivity contribution in [3.63, 3.8) is 0 Å². The second kappa shape index (κ2) is 5.73. The van der Waals surface area contributed by atoms with Gasteiger partial charge in [-0.05, 0) is 38.5 Å². The molecule has 3 nitrogen and oxygen atoms in total. The molecule has 19 heavy (non-hydrogen) atoms. The van der Waals surface area contributed by atoms with Crippen LogP contribution >= 0.6 is 0 Å². The zero-order chi connectivity index (χ0) is 13.9. The topological polar surface area (TPSA) is 30.3 Å². The van der Waals surface area contributed by atoms with Gasteiger partial charge < -0.3 is 0 Å². The molecule has 0 saturated carbocycles. The molecule has 2 rings (SSSR count). The van der Waals surface area contributed by atoms with E-state index in [4.69, 9.17) is 5.26 Å². The first-order chi connectivity index (χ1) is 8.99. The Hall–Kier alpha value is -1.37. The lowest BCUT2D eigenvalue weighted by Gasteiger charge is -2.42. The van der Waals surface area contributed by atoms with Gasteiger partial charge in [0.1, 0.15) is 0 Å². The van der Waals surface area contributed by atoms with Crippen LogP contribution in [-0.4, -0.2) is 41.5 Å². The predicted molar refractivity (Wildman–Crippen MR) is 77.8 cm³/mol. The highest BCUT2D eigenvalue weighted by molar-refractivity contribution is 5.32. The summed E-state index contributed by atoms with van der Waals surface area (Å²) in [6, 6.07) is 10.1. The third-order valence-electron chi connectivity index (χ3n) is 3.78. The molecule has 0 atom stereocenters. The third kappa shape index (κ3) is 3.79. The Kier molecular flexibility index (Phi) is 4.24. The zero-order valence-corrected chi connectivity index (χ0v) is 12.2. The number of hydrogen-bond acceptors (Lipinski definition) is 3. The van der Waals surface area contributed by atoms with Gasteiger partial charge in [-0.2, -0.15) is 5.26 Å². The van der Waals surface area contributed by atoms with Crippen molar-refractivity contribution in [1.29, 1.82) is 5.26 Å². The minimum atomic E-state index is 0.271. The fourth-order valence-electron chi connectivity index (χ4n) is 2.57. The van der Waals surface area contributed by atoms with Crippen LogP contribution in [0.5, 0.6) is 0 Å². The fraction of sp³-hybridized carbons (Fsp3) is 0.562. The summed E-state index contributed by atoms with van der Waals surface area (Å²) in [4.78, 5) is 5.01. The number of nitrogens with zero attached hydrogens (tertiary/aromatic N) is 3. The molecule has 0 radical (unpaired) electrons. The molecule has 0 aliphatic carbocycles. The van der Waals surface area contributed by atoms with E-state index >= 15 is 0 Å². The molecule has 1 aliphatic heterocycles. The molecule has 0 aromatic heterocycles. The first-order valence-electron chi connectivity index (χ1n) is 6.95. The van der Waals surface area contributed by atoms with Gasteiger partial charge in [0, 0.05) is 38.3 Å². The van der Waals surface area contributed by atoms with E-state index in [1.165, 1.54) is 5.56 Å². The normalized spacial score (nSPS) is 18.2. The lowest BCUT2D eigenvalue weighted by molar-refractivity contribution is 0.0591. The summed E-state index contributed by atoms with van der Waals surface area (Å²) in [5.74, 6) is 0. The van der Waals surface area contributed by atoms with E-state index in [1.54, 1.807) is 0 Å². The molecule has 1 aromatic carbocycles. The van der Waals surface area contributed by atoms with Crippen LogP contribution in [0.15, 0.2) is 24.3 Å². The number of nitriles is 1. The van der Waals surface area contributed by atoms with Gasteiger partial charge in [-0.1, -0.05) is 12.1 Å². The molecule has 0 bridgehead atoms. The van der Waals surface area contributed by atoms with Gasteiger partial charge in [-0.15, -0.1) is 0 Å². The van der Waals surface area contributed by atoms with E-state index in [2.05, 4.69) is 42.7 Å². The minimum absolute atomic E-state index is 0.271. The summed E-state index contributed by atoms with van der Waals surface area (Å²) in [5, 5.41) is 8.92. The smallest absolute Gasteiger partial charge is 0.0991 e. The largest absolute Gasteiger partial charge is 0.297 e. The van der Waals surface area contributed by atoms with Gasteiger partial charge in [-0.3, -0.25) is 9.80 Å². The molecule has 102 valence electrons. The van der Waals surface area contributed by atoms with Gasteiger partial charge in [-0.25, -0.2) is 0 Å². The van der Waals surface area contributed by atoms with Crippen LogP contribution in [0.4, 0.5) is 0 Å². The Morgan fingerprint density at radius 1 is 1.16 bits per heavy atom. The quantitative estimate of drug-likeness (QED) is 0.815. The minimum Gasteiger partial charge on any atom is -0.297 e. The molecule has 0 N–H and O–H groups in total. The van der Waals surface area contributed by atoms with E-state index in [1.807, 2.05) is 18.2 Å². The first-order valence-corrected chi connectivity index (χ1v) is 6.95. The van der Waals surface area contributed by atoms with E-state index in [9.17, 15) is 0 Å². The molecule has 1 aliphatic rings. The average molecular weight is 257 g/mol.